The Labute approximate surface area is 109 Å². The van der Waals surface area contributed by atoms with Crippen LogP contribution in [0.3, 0.4) is 0 Å². The molecule has 0 aliphatic heterocycles. The van der Waals surface area contributed by atoms with Crippen molar-refractivity contribution in [1.29, 1.82) is 0 Å². The van der Waals surface area contributed by atoms with Gasteiger partial charge in [-0.25, -0.2) is 4.39 Å². The van der Waals surface area contributed by atoms with Crippen molar-refractivity contribution in [2.75, 3.05) is 0 Å². The normalized spacial score (nSPS) is 22.4. The first-order chi connectivity index (χ1) is 8.56. The van der Waals surface area contributed by atoms with Crippen molar-refractivity contribution in [3.8, 4) is 0 Å². The third kappa shape index (κ3) is 2.00. The molecule has 1 aromatic carbocycles. The number of rotatable bonds is 1. The minimum Gasteiger partial charge on any atom is -0.207 e. The van der Waals surface area contributed by atoms with Gasteiger partial charge in [0.05, 0.1) is 0 Å². The van der Waals surface area contributed by atoms with Gasteiger partial charge in [-0.3, -0.25) is 0 Å². The molecule has 0 saturated heterocycles. The Balaban J connectivity index is 2.10. The molecule has 1 atom stereocenters. The molecule has 0 aromatic heterocycles. The number of hydrogen-bond acceptors (Lipinski definition) is 0. The molecular formula is C17H21F. The fourth-order valence-corrected chi connectivity index (χ4v) is 3.09. The largest absolute Gasteiger partial charge is 0.207 e. The Kier molecular flexibility index (Phi) is 2.80. The summed E-state index contributed by atoms with van der Waals surface area (Å²) in [6.07, 6.45) is 4.73. The van der Waals surface area contributed by atoms with Crippen molar-refractivity contribution in [3.05, 3.63) is 40.2 Å². The summed E-state index contributed by atoms with van der Waals surface area (Å²) < 4.78 is 13.8. The molecule has 1 heteroatoms. The van der Waals surface area contributed by atoms with Crippen LogP contribution in [0.1, 0.15) is 49.8 Å². The maximum Gasteiger partial charge on any atom is 0.126 e. The second kappa shape index (κ2) is 4.22. The van der Waals surface area contributed by atoms with Crippen LogP contribution < -0.4 is 0 Å². The highest BCUT2D eigenvalue weighted by molar-refractivity contribution is 5.75. The van der Waals surface area contributed by atoms with Crippen LogP contribution in [-0.2, 0) is 6.42 Å². The molecule has 96 valence electrons. The first-order valence-corrected chi connectivity index (χ1v) is 7.06. The molecule has 18 heavy (non-hydrogen) atoms. The van der Waals surface area contributed by atoms with Crippen LogP contribution in [-0.4, -0.2) is 0 Å². The van der Waals surface area contributed by atoms with Gasteiger partial charge in [-0.05, 0) is 72.8 Å². The maximum absolute atomic E-state index is 13.8. The van der Waals surface area contributed by atoms with Gasteiger partial charge in [-0.1, -0.05) is 25.5 Å². The van der Waals surface area contributed by atoms with E-state index in [9.17, 15) is 4.39 Å². The van der Waals surface area contributed by atoms with Crippen LogP contribution in [0.25, 0.3) is 5.57 Å². The van der Waals surface area contributed by atoms with Crippen molar-refractivity contribution in [1.82, 2.24) is 0 Å². The Morgan fingerprint density at radius 3 is 2.50 bits per heavy atom. The summed E-state index contributed by atoms with van der Waals surface area (Å²) in [6, 6.07) is 3.85. The lowest BCUT2D eigenvalue weighted by Crippen LogP contribution is -2.19. The van der Waals surface area contributed by atoms with Gasteiger partial charge in [0.25, 0.3) is 0 Å². The molecule has 0 amide bonds. The lowest BCUT2D eigenvalue weighted by Gasteiger charge is -2.30. The van der Waals surface area contributed by atoms with Crippen LogP contribution in [0.15, 0.2) is 17.7 Å². The van der Waals surface area contributed by atoms with Gasteiger partial charge in [-0.2, -0.15) is 0 Å². The second-order valence-corrected chi connectivity index (χ2v) is 6.25. The Hall–Kier alpha value is -1.11. The summed E-state index contributed by atoms with van der Waals surface area (Å²) in [7, 11) is 0. The molecule has 0 spiro atoms. The van der Waals surface area contributed by atoms with Crippen molar-refractivity contribution in [2.24, 2.45) is 11.8 Å². The number of benzene rings is 1. The summed E-state index contributed by atoms with van der Waals surface area (Å²) in [5.41, 5.74) is 6.41. The van der Waals surface area contributed by atoms with Crippen LogP contribution in [0, 0.1) is 24.6 Å². The smallest absolute Gasteiger partial charge is 0.126 e. The quantitative estimate of drug-likeness (QED) is 0.659. The van der Waals surface area contributed by atoms with Gasteiger partial charge in [0.1, 0.15) is 5.82 Å². The highest BCUT2D eigenvalue weighted by Gasteiger charge is 2.29. The molecule has 0 bridgehead atoms. The average molecular weight is 244 g/mol. The molecule has 0 N–H and O–H groups in total. The summed E-state index contributed by atoms with van der Waals surface area (Å²) >= 11 is 0. The van der Waals surface area contributed by atoms with Crippen LogP contribution >= 0.6 is 0 Å². The van der Waals surface area contributed by atoms with E-state index in [2.05, 4.69) is 19.9 Å². The van der Waals surface area contributed by atoms with Crippen molar-refractivity contribution < 1.29 is 4.39 Å². The molecule has 2 aliphatic rings. The molecule has 0 nitrogen and oxygen atoms in total. The van der Waals surface area contributed by atoms with Gasteiger partial charge in [-0.15, -0.1) is 0 Å². The van der Waals surface area contributed by atoms with Gasteiger partial charge >= 0.3 is 0 Å². The third-order valence-corrected chi connectivity index (χ3v) is 4.53. The molecule has 1 unspecified atom stereocenters. The summed E-state index contributed by atoms with van der Waals surface area (Å²) in [4.78, 5) is 0. The van der Waals surface area contributed by atoms with E-state index in [4.69, 9.17) is 0 Å². The zero-order chi connectivity index (χ0) is 12.9. The Bertz CT molecular complexity index is 517. The van der Waals surface area contributed by atoms with Gasteiger partial charge in [0.15, 0.2) is 0 Å². The topological polar surface area (TPSA) is 0 Å². The predicted molar refractivity (Wildman–Crippen MR) is 73.9 cm³/mol. The first kappa shape index (κ1) is 12.0. The highest BCUT2D eigenvalue weighted by atomic mass is 19.1. The molecule has 1 fully saturated rings. The van der Waals surface area contributed by atoms with E-state index in [-0.39, 0.29) is 5.82 Å². The minimum absolute atomic E-state index is 0.0458. The van der Waals surface area contributed by atoms with E-state index in [1.165, 1.54) is 29.5 Å². The Morgan fingerprint density at radius 1 is 1.17 bits per heavy atom. The highest BCUT2D eigenvalue weighted by Crippen LogP contribution is 2.46. The number of allylic oxidation sites excluding steroid dienone is 2. The van der Waals surface area contributed by atoms with E-state index in [1.54, 1.807) is 11.6 Å². The van der Waals surface area contributed by atoms with Crippen molar-refractivity contribution >= 4 is 5.57 Å². The molecule has 0 radical (unpaired) electrons. The van der Waals surface area contributed by atoms with Crippen LogP contribution in [0.2, 0.25) is 0 Å². The van der Waals surface area contributed by atoms with Crippen LogP contribution in [0.4, 0.5) is 4.39 Å². The molecular weight excluding hydrogens is 223 g/mol. The first-order valence-electron chi connectivity index (χ1n) is 7.06. The standard InChI is InChI=1S/C17H21F/c1-10(2)13-7-14-6-11(3)17(18)9-16(14)15(8-13)12-4-5-12/h6,9-10,13H,4-5,7-8H2,1-3H3. The summed E-state index contributed by atoms with van der Waals surface area (Å²) in [5, 5.41) is 0. The van der Waals surface area contributed by atoms with E-state index in [0.29, 0.717) is 5.92 Å². The number of aryl methyl sites for hydroxylation is 1. The lowest BCUT2D eigenvalue weighted by atomic mass is 9.75. The summed E-state index contributed by atoms with van der Waals surface area (Å²) in [5.74, 6) is 1.39. The fourth-order valence-electron chi connectivity index (χ4n) is 3.09. The average Bonchev–Trinajstić information content (AvgIpc) is 3.13. The van der Waals surface area contributed by atoms with Crippen molar-refractivity contribution in [3.63, 3.8) is 0 Å². The maximum atomic E-state index is 13.8. The zero-order valence-corrected chi connectivity index (χ0v) is 11.5. The molecule has 1 saturated carbocycles. The molecule has 0 heterocycles. The Morgan fingerprint density at radius 2 is 1.89 bits per heavy atom. The molecule has 3 rings (SSSR count). The molecule has 2 aliphatic carbocycles. The fraction of sp³-hybridized carbons (Fsp3) is 0.529. The third-order valence-electron chi connectivity index (χ3n) is 4.53. The summed E-state index contributed by atoms with van der Waals surface area (Å²) in [6.45, 7) is 6.49. The minimum atomic E-state index is -0.0458. The van der Waals surface area contributed by atoms with Crippen LogP contribution in [0.5, 0.6) is 0 Å². The van der Waals surface area contributed by atoms with Gasteiger partial charge in [0.2, 0.25) is 0 Å². The number of hydrogen-bond donors (Lipinski definition) is 0. The number of fused-ring (bicyclic) bond motifs is 1. The monoisotopic (exact) mass is 244 g/mol. The lowest BCUT2D eigenvalue weighted by molar-refractivity contribution is 0.382. The van der Waals surface area contributed by atoms with E-state index in [0.717, 1.165) is 24.3 Å². The van der Waals surface area contributed by atoms with E-state index < -0.39 is 0 Å². The van der Waals surface area contributed by atoms with Gasteiger partial charge < -0.3 is 0 Å². The SMILES string of the molecule is Cc1cc2c(cc1F)C(=C1CC1)CC(C(C)C)C2. The van der Waals surface area contributed by atoms with Crippen molar-refractivity contribution in [2.45, 2.75) is 46.5 Å². The molecule has 1 aromatic rings. The van der Waals surface area contributed by atoms with Gasteiger partial charge in [0, 0.05) is 0 Å². The number of halogens is 1. The predicted octanol–water partition coefficient (Wildman–Crippen LogP) is 4.90. The van der Waals surface area contributed by atoms with E-state index in [1.807, 2.05) is 6.92 Å². The van der Waals surface area contributed by atoms with E-state index >= 15 is 0 Å². The second-order valence-electron chi connectivity index (χ2n) is 6.25. The zero-order valence-electron chi connectivity index (χ0n) is 11.5.